The second-order valence-corrected chi connectivity index (χ2v) is 11.0. The molecule has 10 nitrogen and oxygen atoms in total. The summed E-state index contributed by atoms with van der Waals surface area (Å²) in [5, 5.41) is 19.1. The highest BCUT2D eigenvalue weighted by Crippen LogP contribution is 2.19. The van der Waals surface area contributed by atoms with E-state index in [1.165, 1.54) is 0 Å². The molecule has 0 aliphatic carbocycles. The summed E-state index contributed by atoms with van der Waals surface area (Å²) in [6.45, 7) is 7.56. The second kappa shape index (κ2) is 15.2. The van der Waals surface area contributed by atoms with Gasteiger partial charge in [-0.1, -0.05) is 89.1 Å². The molecular weight excluding hydrogens is 534 g/mol. The van der Waals surface area contributed by atoms with Gasteiger partial charge in [0.1, 0.15) is 18.1 Å². The average molecular weight is 578 g/mol. The smallest absolute Gasteiger partial charge is 0.326 e. The number of amides is 3. The third kappa shape index (κ3) is 8.42. The predicted molar refractivity (Wildman–Crippen MR) is 162 cm³/mol. The summed E-state index contributed by atoms with van der Waals surface area (Å²) in [5.74, 6) is -3.11. The van der Waals surface area contributed by atoms with Crippen molar-refractivity contribution < 1.29 is 24.3 Å². The minimum absolute atomic E-state index is 0.0517. The molecule has 0 spiro atoms. The lowest BCUT2D eigenvalue weighted by Crippen LogP contribution is -2.59. The largest absolute Gasteiger partial charge is 0.480 e. The molecule has 2 aromatic carbocycles. The van der Waals surface area contributed by atoms with Crippen LogP contribution in [0.5, 0.6) is 0 Å². The first-order valence-corrected chi connectivity index (χ1v) is 14.5. The number of hydrogen-bond donors (Lipinski definition) is 6. The van der Waals surface area contributed by atoms with Gasteiger partial charge in [0.15, 0.2) is 0 Å². The van der Waals surface area contributed by atoms with Crippen molar-refractivity contribution in [3.8, 4) is 0 Å². The first kappa shape index (κ1) is 32.3. The van der Waals surface area contributed by atoms with E-state index in [2.05, 4.69) is 20.9 Å². The molecule has 0 saturated heterocycles. The lowest BCUT2D eigenvalue weighted by Gasteiger charge is -2.29. The Hall–Kier alpha value is -4.18. The van der Waals surface area contributed by atoms with Crippen molar-refractivity contribution >= 4 is 34.6 Å². The number of rotatable bonds is 15. The minimum Gasteiger partial charge on any atom is -0.480 e. The fourth-order valence-electron chi connectivity index (χ4n) is 4.78. The number of nitrogens with two attached hydrogens (primary N) is 1. The highest BCUT2D eigenvalue weighted by atomic mass is 16.4. The number of H-pyrrole nitrogens is 1. The van der Waals surface area contributed by atoms with Gasteiger partial charge in [0, 0.05) is 29.9 Å². The van der Waals surface area contributed by atoms with Crippen LogP contribution in [-0.2, 0) is 32.0 Å². The zero-order chi connectivity index (χ0) is 30.8. The number of nitrogens with one attached hydrogen (secondary N) is 4. The van der Waals surface area contributed by atoms with Gasteiger partial charge in [0.05, 0.1) is 6.04 Å². The van der Waals surface area contributed by atoms with Crippen LogP contribution >= 0.6 is 0 Å². The Morgan fingerprint density at radius 3 is 2.05 bits per heavy atom. The Kier molecular flexibility index (Phi) is 11.7. The Morgan fingerprint density at radius 2 is 1.40 bits per heavy atom. The number of carboxylic acids is 1. The maximum Gasteiger partial charge on any atom is 0.326 e. The van der Waals surface area contributed by atoms with Gasteiger partial charge in [0.2, 0.25) is 17.7 Å². The van der Waals surface area contributed by atoms with Crippen LogP contribution in [0.1, 0.15) is 51.7 Å². The molecule has 0 fully saturated rings. The summed E-state index contributed by atoms with van der Waals surface area (Å²) in [5.41, 5.74) is 8.52. The van der Waals surface area contributed by atoms with Crippen LogP contribution in [0, 0.1) is 11.8 Å². The van der Waals surface area contributed by atoms with Crippen molar-refractivity contribution in [2.24, 2.45) is 17.6 Å². The van der Waals surface area contributed by atoms with Crippen LogP contribution < -0.4 is 21.7 Å². The van der Waals surface area contributed by atoms with E-state index in [1.54, 1.807) is 6.20 Å². The fourth-order valence-corrected chi connectivity index (χ4v) is 4.78. The van der Waals surface area contributed by atoms with Crippen LogP contribution in [0.2, 0.25) is 0 Å². The first-order valence-electron chi connectivity index (χ1n) is 14.5. The van der Waals surface area contributed by atoms with Crippen LogP contribution in [0.25, 0.3) is 10.9 Å². The third-order valence-electron chi connectivity index (χ3n) is 7.98. The Morgan fingerprint density at radius 1 is 0.786 bits per heavy atom. The highest BCUT2D eigenvalue weighted by molar-refractivity contribution is 5.94. The molecule has 3 aromatic rings. The van der Waals surface area contributed by atoms with Crippen molar-refractivity contribution in [3.63, 3.8) is 0 Å². The quantitative estimate of drug-likeness (QED) is 0.162. The zero-order valence-corrected chi connectivity index (χ0v) is 24.7. The highest BCUT2D eigenvalue weighted by Gasteiger charge is 2.33. The van der Waals surface area contributed by atoms with Gasteiger partial charge in [-0.15, -0.1) is 0 Å². The van der Waals surface area contributed by atoms with Gasteiger partial charge in [-0.25, -0.2) is 4.79 Å². The van der Waals surface area contributed by atoms with Crippen molar-refractivity contribution in [3.05, 3.63) is 71.9 Å². The van der Waals surface area contributed by atoms with E-state index >= 15 is 0 Å². The fraction of sp³-hybridized carbons (Fsp3) is 0.438. The van der Waals surface area contributed by atoms with Gasteiger partial charge in [-0.05, 0) is 29.0 Å². The third-order valence-corrected chi connectivity index (χ3v) is 7.98. The molecule has 10 heteroatoms. The standard InChI is InChI=1S/C32H43N5O5/c1-5-19(3)27(33)30(39)37-28(20(4)6-2)31(40)35-25(16-21-12-8-7-9-13-21)29(38)36-26(32(41)42)17-22-18-34-24-15-11-10-14-23(22)24/h7-15,18-20,25-28,34H,5-6,16-17,33H2,1-4H3,(H,35,40)(H,36,38)(H,37,39)(H,41,42). The molecular formula is C32H43N5O5. The number of aromatic amines is 1. The molecule has 1 aromatic heterocycles. The molecule has 0 aliphatic heterocycles. The number of carbonyl (C=O) groups excluding carboxylic acids is 3. The molecule has 1 heterocycles. The summed E-state index contributed by atoms with van der Waals surface area (Å²) in [6, 6.07) is 12.6. The van der Waals surface area contributed by atoms with Crippen molar-refractivity contribution in [1.82, 2.24) is 20.9 Å². The summed E-state index contributed by atoms with van der Waals surface area (Å²) in [4.78, 5) is 55.5. The van der Waals surface area contributed by atoms with Crippen LogP contribution in [-0.4, -0.2) is 57.9 Å². The Balaban J connectivity index is 1.83. The van der Waals surface area contributed by atoms with Crippen molar-refractivity contribution in [1.29, 1.82) is 0 Å². The van der Waals surface area contributed by atoms with E-state index < -0.39 is 47.9 Å². The van der Waals surface area contributed by atoms with Crippen LogP contribution in [0.15, 0.2) is 60.8 Å². The van der Waals surface area contributed by atoms with E-state index in [0.29, 0.717) is 12.8 Å². The van der Waals surface area contributed by atoms with E-state index in [-0.39, 0.29) is 24.7 Å². The molecule has 6 atom stereocenters. The SMILES string of the molecule is CCC(C)C(N)C(=O)NC(C(=O)NC(Cc1ccccc1)C(=O)NC(Cc1c[nH]c2ccccc12)C(=O)O)C(C)CC. The Labute approximate surface area is 246 Å². The van der Waals surface area contributed by atoms with E-state index in [9.17, 15) is 24.3 Å². The average Bonchev–Trinajstić information content (AvgIpc) is 3.40. The number of fused-ring (bicyclic) bond motifs is 1. The molecule has 3 amide bonds. The van der Waals surface area contributed by atoms with Gasteiger partial charge < -0.3 is 31.8 Å². The van der Waals surface area contributed by atoms with Gasteiger partial charge >= 0.3 is 5.97 Å². The summed E-state index contributed by atoms with van der Waals surface area (Å²) < 4.78 is 0. The number of para-hydroxylation sites is 1. The predicted octanol–water partition coefficient (Wildman–Crippen LogP) is 2.91. The normalized spacial score (nSPS) is 15.5. The van der Waals surface area contributed by atoms with Crippen molar-refractivity contribution in [2.75, 3.05) is 0 Å². The molecule has 42 heavy (non-hydrogen) atoms. The maximum atomic E-state index is 13.6. The van der Waals surface area contributed by atoms with E-state index in [1.807, 2.05) is 82.3 Å². The number of aliphatic carboxylic acids is 1. The lowest BCUT2D eigenvalue weighted by molar-refractivity contribution is -0.142. The van der Waals surface area contributed by atoms with Crippen LogP contribution in [0.4, 0.5) is 0 Å². The number of benzene rings is 2. The number of hydrogen-bond acceptors (Lipinski definition) is 5. The molecule has 6 unspecified atom stereocenters. The molecule has 0 radical (unpaired) electrons. The monoisotopic (exact) mass is 577 g/mol. The maximum absolute atomic E-state index is 13.6. The summed E-state index contributed by atoms with van der Waals surface area (Å²) in [7, 11) is 0. The molecule has 0 bridgehead atoms. The summed E-state index contributed by atoms with van der Waals surface area (Å²) in [6.07, 6.45) is 3.22. The molecule has 226 valence electrons. The molecule has 0 saturated carbocycles. The second-order valence-electron chi connectivity index (χ2n) is 11.0. The van der Waals surface area contributed by atoms with E-state index in [0.717, 1.165) is 22.0 Å². The molecule has 3 rings (SSSR count). The summed E-state index contributed by atoms with van der Waals surface area (Å²) >= 11 is 0. The van der Waals surface area contributed by atoms with Crippen molar-refractivity contribution in [2.45, 2.75) is 77.5 Å². The first-order chi connectivity index (χ1) is 20.0. The zero-order valence-electron chi connectivity index (χ0n) is 24.7. The number of aromatic nitrogens is 1. The lowest BCUT2D eigenvalue weighted by atomic mass is 9.95. The Bertz CT molecular complexity index is 1360. The van der Waals surface area contributed by atoms with Gasteiger partial charge in [-0.3, -0.25) is 14.4 Å². The van der Waals surface area contributed by atoms with Gasteiger partial charge in [0.25, 0.3) is 0 Å². The number of carbonyl (C=O) groups is 4. The minimum atomic E-state index is -1.23. The molecule has 0 aliphatic rings. The number of carboxylic acid groups (broad SMARTS) is 1. The van der Waals surface area contributed by atoms with Gasteiger partial charge in [-0.2, -0.15) is 0 Å². The topological polar surface area (TPSA) is 166 Å². The van der Waals surface area contributed by atoms with Crippen LogP contribution in [0.3, 0.4) is 0 Å². The van der Waals surface area contributed by atoms with E-state index in [4.69, 9.17) is 5.73 Å². The molecule has 7 N–H and O–H groups in total.